The van der Waals surface area contributed by atoms with Crippen LogP contribution in [0.2, 0.25) is 0 Å². The van der Waals surface area contributed by atoms with Crippen molar-refractivity contribution in [3.05, 3.63) is 59.2 Å². The maximum atomic E-state index is 13.5. The quantitative estimate of drug-likeness (QED) is 0.679. The van der Waals surface area contributed by atoms with Crippen LogP contribution in [0, 0.1) is 13.8 Å². The highest BCUT2D eigenvalue weighted by molar-refractivity contribution is 7.91. The summed E-state index contributed by atoms with van der Waals surface area (Å²) in [7, 11) is -3.86. The fraction of sp³-hybridized carbons (Fsp3) is 0.409. The van der Waals surface area contributed by atoms with Crippen LogP contribution in [0.5, 0.6) is 0 Å². The molecule has 1 fully saturated rings. The lowest BCUT2D eigenvalue weighted by Crippen LogP contribution is -2.46. The Bertz CT molecular complexity index is 1200. The number of sulfonamides is 1. The van der Waals surface area contributed by atoms with Crippen molar-refractivity contribution in [2.75, 3.05) is 44.0 Å². The Morgan fingerprint density at radius 2 is 1.66 bits per heavy atom. The lowest BCUT2D eigenvalue weighted by Gasteiger charge is -2.34. The van der Waals surface area contributed by atoms with Crippen molar-refractivity contribution in [2.24, 2.45) is 0 Å². The fourth-order valence-corrected chi connectivity index (χ4v) is 5.91. The third kappa shape index (κ3) is 5.20. The zero-order valence-electron chi connectivity index (χ0n) is 18.7. The molecule has 1 N–H and O–H groups in total. The molecule has 1 amide bonds. The predicted octanol–water partition coefficient (Wildman–Crippen LogP) is 1.96. The number of hydrogen-bond acceptors (Lipinski definition) is 6. The Hall–Kier alpha value is -2.27. The van der Waals surface area contributed by atoms with Crippen LogP contribution in [0.25, 0.3) is 0 Å². The molecule has 174 valence electrons. The van der Waals surface area contributed by atoms with Gasteiger partial charge in [-0.25, -0.2) is 21.1 Å². The maximum absolute atomic E-state index is 13.5. The molecule has 0 saturated carbocycles. The Labute approximate surface area is 190 Å². The van der Waals surface area contributed by atoms with E-state index in [0.29, 0.717) is 5.69 Å². The van der Waals surface area contributed by atoms with Gasteiger partial charge in [-0.2, -0.15) is 0 Å². The summed E-state index contributed by atoms with van der Waals surface area (Å²) in [6.07, 6.45) is 0. The minimum absolute atomic E-state index is 0.00167. The molecule has 0 aromatic heterocycles. The van der Waals surface area contributed by atoms with Gasteiger partial charge in [0.15, 0.2) is 9.84 Å². The number of anilines is 1. The number of nitrogens with one attached hydrogen (secondary N) is 1. The summed E-state index contributed by atoms with van der Waals surface area (Å²) < 4.78 is 50.2. The molecule has 8 nitrogen and oxygen atoms in total. The number of sulfone groups is 1. The molecule has 0 radical (unpaired) electrons. The van der Waals surface area contributed by atoms with Gasteiger partial charge >= 0.3 is 0 Å². The minimum Gasteiger partial charge on any atom is -0.324 e. The lowest BCUT2D eigenvalue weighted by atomic mass is 10.0. The van der Waals surface area contributed by atoms with Crippen LogP contribution >= 0.6 is 0 Å². The molecule has 1 atom stereocenters. The Balaban J connectivity index is 1.97. The first kappa shape index (κ1) is 24.4. The third-order valence-corrected chi connectivity index (χ3v) is 9.19. The summed E-state index contributed by atoms with van der Waals surface area (Å²) in [6, 6.07) is 11.5. The highest BCUT2D eigenvalue weighted by Gasteiger charge is 2.33. The van der Waals surface area contributed by atoms with Crippen molar-refractivity contribution < 1.29 is 21.6 Å². The minimum atomic E-state index is -3.68. The van der Waals surface area contributed by atoms with E-state index in [4.69, 9.17) is 0 Å². The van der Waals surface area contributed by atoms with E-state index in [1.165, 1.54) is 20.2 Å². The zero-order valence-corrected chi connectivity index (χ0v) is 20.3. The van der Waals surface area contributed by atoms with Gasteiger partial charge in [-0.1, -0.05) is 30.3 Å². The molecule has 0 aliphatic carbocycles. The second-order valence-corrected chi connectivity index (χ2v) is 12.6. The van der Waals surface area contributed by atoms with Crippen LogP contribution in [-0.4, -0.2) is 70.6 Å². The van der Waals surface area contributed by atoms with E-state index >= 15 is 0 Å². The Morgan fingerprint density at radius 3 is 2.22 bits per heavy atom. The number of amides is 1. The second kappa shape index (κ2) is 9.30. The molecule has 1 aliphatic heterocycles. The molecule has 3 rings (SSSR count). The smallest absolute Gasteiger partial charge is 0.246 e. The van der Waals surface area contributed by atoms with Crippen molar-refractivity contribution in [2.45, 2.75) is 24.8 Å². The number of carbonyl (C=O) groups is 1. The van der Waals surface area contributed by atoms with Crippen LogP contribution in [0.3, 0.4) is 0 Å². The van der Waals surface area contributed by atoms with E-state index in [2.05, 4.69) is 5.32 Å². The van der Waals surface area contributed by atoms with Crippen LogP contribution in [0.1, 0.15) is 22.7 Å². The predicted molar refractivity (Wildman–Crippen MR) is 125 cm³/mol. The summed E-state index contributed by atoms with van der Waals surface area (Å²) in [5.74, 6) is -0.339. The number of aryl methyl sites for hydroxylation is 1. The van der Waals surface area contributed by atoms with Crippen LogP contribution < -0.4 is 5.32 Å². The molecular weight excluding hydrogens is 450 g/mol. The van der Waals surface area contributed by atoms with E-state index in [9.17, 15) is 21.6 Å². The van der Waals surface area contributed by atoms with Crippen molar-refractivity contribution in [1.82, 2.24) is 9.21 Å². The molecule has 0 bridgehead atoms. The number of nitrogens with zero attached hydrogens (tertiary/aromatic N) is 2. The van der Waals surface area contributed by atoms with Gasteiger partial charge in [0.05, 0.1) is 16.4 Å². The SMILES string of the molecule is Cc1cc(S(=O)(=O)N(C)C)cc(NC(=O)C(c2ccccc2)N2CCS(=O)(=O)CC2)c1C. The molecule has 1 unspecified atom stereocenters. The summed E-state index contributed by atoms with van der Waals surface area (Å²) in [5.41, 5.74) is 2.67. The highest BCUT2D eigenvalue weighted by atomic mass is 32.2. The standard InChI is InChI=1S/C22H29N3O5S2/c1-16-14-19(32(29,30)24(3)4)15-20(17(16)2)23-22(26)21(18-8-6-5-7-9-18)25-10-12-31(27,28)13-11-25/h5-9,14-15,21H,10-13H2,1-4H3,(H,23,26). The van der Waals surface area contributed by atoms with Crippen LogP contribution in [0.15, 0.2) is 47.4 Å². The largest absolute Gasteiger partial charge is 0.324 e. The van der Waals surface area contributed by atoms with Gasteiger partial charge in [0.25, 0.3) is 0 Å². The van der Waals surface area contributed by atoms with Gasteiger partial charge in [-0.15, -0.1) is 0 Å². The first-order chi connectivity index (χ1) is 14.9. The van der Waals surface area contributed by atoms with Crippen LogP contribution in [0.4, 0.5) is 5.69 Å². The molecule has 32 heavy (non-hydrogen) atoms. The number of hydrogen-bond donors (Lipinski definition) is 1. The molecule has 1 heterocycles. The van der Waals surface area contributed by atoms with E-state index < -0.39 is 25.9 Å². The summed E-state index contributed by atoms with van der Waals surface area (Å²) >= 11 is 0. The first-order valence-corrected chi connectivity index (χ1v) is 13.5. The van der Waals surface area contributed by atoms with Crippen molar-refractivity contribution in [1.29, 1.82) is 0 Å². The summed E-state index contributed by atoms with van der Waals surface area (Å²) in [6.45, 7) is 4.12. The van der Waals surface area contributed by atoms with E-state index in [0.717, 1.165) is 21.0 Å². The van der Waals surface area contributed by atoms with Gasteiger partial charge in [0.2, 0.25) is 15.9 Å². The van der Waals surface area contributed by atoms with Gasteiger partial charge in [0, 0.05) is 32.9 Å². The highest BCUT2D eigenvalue weighted by Crippen LogP contribution is 2.29. The zero-order chi connectivity index (χ0) is 23.7. The van der Waals surface area contributed by atoms with Crippen molar-refractivity contribution >= 4 is 31.5 Å². The van der Waals surface area contributed by atoms with E-state index in [1.54, 1.807) is 13.0 Å². The second-order valence-electron chi connectivity index (χ2n) is 8.19. The normalized spacial score (nSPS) is 17.8. The van der Waals surface area contributed by atoms with E-state index in [1.807, 2.05) is 42.2 Å². The molecule has 0 spiro atoms. The van der Waals surface area contributed by atoms with Gasteiger partial charge in [-0.3, -0.25) is 9.69 Å². The Kier molecular flexibility index (Phi) is 7.09. The molecule has 2 aromatic rings. The molecule has 2 aromatic carbocycles. The first-order valence-electron chi connectivity index (χ1n) is 10.3. The number of rotatable bonds is 6. The summed E-state index contributed by atoms with van der Waals surface area (Å²) in [5, 5.41) is 2.91. The fourth-order valence-electron chi connectivity index (χ4n) is 3.67. The molecule has 10 heteroatoms. The van der Waals surface area contributed by atoms with Crippen molar-refractivity contribution in [3.8, 4) is 0 Å². The molecule has 1 saturated heterocycles. The Morgan fingerprint density at radius 1 is 1.06 bits per heavy atom. The average Bonchev–Trinajstić information content (AvgIpc) is 2.73. The maximum Gasteiger partial charge on any atom is 0.246 e. The third-order valence-electron chi connectivity index (χ3n) is 5.79. The monoisotopic (exact) mass is 479 g/mol. The average molecular weight is 480 g/mol. The van der Waals surface area contributed by atoms with E-state index in [-0.39, 0.29) is 35.4 Å². The molecular formula is C22H29N3O5S2. The van der Waals surface area contributed by atoms with Gasteiger partial charge in [0.1, 0.15) is 6.04 Å². The topological polar surface area (TPSA) is 104 Å². The van der Waals surface area contributed by atoms with Crippen molar-refractivity contribution in [3.63, 3.8) is 0 Å². The number of benzene rings is 2. The van der Waals surface area contributed by atoms with Gasteiger partial charge < -0.3 is 5.32 Å². The van der Waals surface area contributed by atoms with Crippen LogP contribution in [-0.2, 0) is 24.7 Å². The lowest BCUT2D eigenvalue weighted by molar-refractivity contribution is -0.121. The molecule has 1 aliphatic rings. The van der Waals surface area contributed by atoms with Gasteiger partial charge in [-0.05, 0) is 42.7 Å². The number of carbonyl (C=O) groups excluding carboxylic acids is 1. The summed E-state index contributed by atoms with van der Waals surface area (Å²) in [4.78, 5) is 15.4.